The fraction of sp³-hybridized carbons (Fsp3) is 0.500. The number of rotatable bonds is 4. The Labute approximate surface area is 107 Å². The first-order valence-electron chi connectivity index (χ1n) is 6.19. The van der Waals surface area contributed by atoms with Crippen LogP contribution >= 0.6 is 0 Å². The van der Waals surface area contributed by atoms with E-state index in [1.54, 1.807) is 4.90 Å². The molecule has 0 spiro atoms. The summed E-state index contributed by atoms with van der Waals surface area (Å²) in [7, 11) is 0. The monoisotopic (exact) mass is 249 g/mol. The van der Waals surface area contributed by atoms with Crippen LogP contribution in [0, 0.1) is 19.8 Å². The second kappa shape index (κ2) is 5.40. The molecule has 18 heavy (non-hydrogen) atoms. The van der Waals surface area contributed by atoms with Crippen molar-refractivity contribution in [2.75, 3.05) is 26.3 Å². The predicted octanol–water partition coefficient (Wildman–Crippen LogP) is 1.13. The molecular formula is C14H19NO3. The quantitative estimate of drug-likeness (QED) is 0.870. The van der Waals surface area contributed by atoms with Crippen LogP contribution in [0.1, 0.15) is 11.1 Å². The van der Waals surface area contributed by atoms with E-state index >= 15 is 0 Å². The molecule has 1 aromatic carbocycles. The molecule has 1 aliphatic rings. The number of amides is 1. The minimum atomic E-state index is -0.0133. The number of carbonyl (C=O) groups excluding carboxylic acids is 1. The summed E-state index contributed by atoms with van der Waals surface area (Å²) in [5, 5.41) is 8.89. The van der Waals surface area contributed by atoms with Gasteiger partial charge in [-0.15, -0.1) is 0 Å². The number of ether oxygens (including phenoxy) is 1. The van der Waals surface area contributed by atoms with E-state index in [2.05, 4.69) is 0 Å². The fourth-order valence-electron chi connectivity index (χ4n) is 2.00. The van der Waals surface area contributed by atoms with Crippen molar-refractivity contribution in [3.05, 3.63) is 29.3 Å². The molecule has 1 heterocycles. The lowest BCUT2D eigenvalue weighted by Crippen LogP contribution is -2.52. The number of aliphatic hydroxyl groups excluding tert-OH is 1. The summed E-state index contributed by atoms with van der Waals surface area (Å²) in [6.45, 7) is 5.52. The van der Waals surface area contributed by atoms with Crippen LogP contribution in [0.2, 0.25) is 0 Å². The van der Waals surface area contributed by atoms with Gasteiger partial charge in [-0.1, -0.05) is 12.1 Å². The first-order valence-corrected chi connectivity index (χ1v) is 6.19. The highest BCUT2D eigenvalue weighted by molar-refractivity contribution is 5.78. The van der Waals surface area contributed by atoms with Crippen LogP contribution < -0.4 is 4.74 Å². The fourth-order valence-corrected chi connectivity index (χ4v) is 2.00. The van der Waals surface area contributed by atoms with Crippen molar-refractivity contribution in [1.29, 1.82) is 0 Å². The van der Waals surface area contributed by atoms with Gasteiger partial charge in [-0.2, -0.15) is 0 Å². The van der Waals surface area contributed by atoms with Gasteiger partial charge in [-0.05, 0) is 31.0 Å². The second-order valence-corrected chi connectivity index (χ2v) is 4.83. The van der Waals surface area contributed by atoms with Crippen LogP contribution in [0.15, 0.2) is 18.2 Å². The Balaban J connectivity index is 1.85. The number of likely N-dealkylation sites (tertiary alicyclic amines) is 1. The van der Waals surface area contributed by atoms with E-state index in [0.29, 0.717) is 13.1 Å². The van der Waals surface area contributed by atoms with Gasteiger partial charge in [0.15, 0.2) is 6.61 Å². The van der Waals surface area contributed by atoms with Crippen LogP contribution in [-0.4, -0.2) is 42.2 Å². The zero-order chi connectivity index (χ0) is 13.1. The standard InChI is InChI=1S/C14H19NO3/c1-10-4-3-5-13(11(10)2)18-9-14(17)15-6-12(7-15)8-16/h3-5,12,16H,6-9H2,1-2H3. The SMILES string of the molecule is Cc1cccc(OCC(=O)N2CC(CO)C2)c1C. The molecule has 1 amide bonds. The van der Waals surface area contributed by atoms with Gasteiger partial charge >= 0.3 is 0 Å². The van der Waals surface area contributed by atoms with Crippen LogP contribution in [0.3, 0.4) is 0 Å². The average Bonchev–Trinajstić information content (AvgIpc) is 2.30. The maximum atomic E-state index is 11.8. The molecule has 0 aliphatic carbocycles. The average molecular weight is 249 g/mol. The highest BCUT2D eigenvalue weighted by Crippen LogP contribution is 2.21. The molecule has 0 unspecified atom stereocenters. The predicted molar refractivity (Wildman–Crippen MR) is 68.6 cm³/mol. The van der Waals surface area contributed by atoms with Crippen LogP contribution in [-0.2, 0) is 4.79 Å². The summed E-state index contributed by atoms with van der Waals surface area (Å²) in [5.74, 6) is 0.998. The van der Waals surface area contributed by atoms with Gasteiger partial charge < -0.3 is 14.7 Å². The molecule has 0 aromatic heterocycles. The zero-order valence-electron chi connectivity index (χ0n) is 10.8. The number of carbonyl (C=O) groups is 1. The van der Waals surface area contributed by atoms with Gasteiger partial charge in [0, 0.05) is 25.6 Å². The van der Waals surface area contributed by atoms with Crippen molar-refractivity contribution >= 4 is 5.91 Å². The number of aliphatic hydroxyl groups is 1. The van der Waals surface area contributed by atoms with Crippen molar-refractivity contribution in [1.82, 2.24) is 4.90 Å². The number of hydrogen-bond donors (Lipinski definition) is 1. The van der Waals surface area contributed by atoms with Crippen molar-refractivity contribution < 1.29 is 14.6 Å². The summed E-state index contributed by atoms with van der Waals surface area (Å²) in [5.41, 5.74) is 2.23. The summed E-state index contributed by atoms with van der Waals surface area (Å²) in [6.07, 6.45) is 0. The third-order valence-corrected chi connectivity index (χ3v) is 3.47. The normalized spacial score (nSPS) is 15.4. The highest BCUT2D eigenvalue weighted by atomic mass is 16.5. The topological polar surface area (TPSA) is 49.8 Å². The molecule has 0 radical (unpaired) electrons. The third-order valence-electron chi connectivity index (χ3n) is 3.47. The molecule has 4 heteroatoms. The lowest BCUT2D eigenvalue weighted by Gasteiger charge is -2.38. The number of benzene rings is 1. The van der Waals surface area contributed by atoms with Crippen LogP contribution in [0.4, 0.5) is 0 Å². The molecule has 2 rings (SSSR count). The van der Waals surface area contributed by atoms with Crippen molar-refractivity contribution in [2.24, 2.45) is 5.92 Å². The van der Waals surface area contributed by atoms with E-state index < -0.39 is 0 Å². The van der Waals surface area contributed by atoms with Crippen LogP contribution in [0.5, 0.6) is 5.75 Å². The number of aryl methyl sites for hydroxylation is 1. The van der Waals surface area contributed by atoms with Gasteiger partial charge in [0.1, 0.15) is 5.75 Å². The summed E-state index contributed by atoms with van der Waals surface area (Å²) in [4.78, 5) is 13.5. The lowest BCUT2D eigenvalue weighted by atomic mass is 10.0. The first-order chi connectivity index (χ1) is 8.61. The second-order valence-electron chi connectivity index (χ2n) is 4.83. The Bertz CT molecular complexity index is 439. The number of hydrogen-bond acceptors (Lipinski definition) is 3. The molecular weight excluding hydrogens is 230 g/mol. The Hall–Kier alpha value is -1.55. The first kappa shape index (κ1) is 12.9. The molecule has 1 aromatic rings. The number of nitrogens with zero attached hydrogens (tertiary/aromatic N) is 1. The maximum Gasteiger partial charge on any atom is 0.260 e. The summed E-state index contributed by atoms with van der Waals surface area (Å²) >= 11 is 0. The van der Waals surface area contributed by atoms with Crippen LogP contribution in [0.25, 0.3) is 0 Å². The van der Waals surface area contributed by atoms with E-state index in [1.165, 1.54) is 0 Å². The molecule has 1 aliphatic heterocycles. The molecule has 1 saturated heterocycles. The minimum absolute atomic E-state index is 0.0133. The summed E-state index contributed by atoms with van der Waals surface area (Å²) in [6, 6.07) is 5.82. The zero-order valence-corrected chi connectivity index (χ0v) is 10.8. The van der Waals surface area contributed by atoms with Gasteiger partial charge in [0.25, 0.3) is 5.91 Å². The van der Waals surface area contributed by atoms with Gasteiger partial charge in [0.2, 0.25) is 0 Å². The lowest BCUT2D eigenvalue weighted by molar-refractivity contribution is -0.140. The Morgan fingerprint density at radius 2 is 2.17 bits per heavy atom. The van der Waals surface area contributed by atoms with Crippen molar-refractivity contribution in [3.8, 4) is 5.75 Å². The molecule has 0 saturated carbocycles. The summed E-state index contributed by atoms with van der Waals surface area (Å²) < 4.78 is 5.55. The van der Waals surface area contributed by atoms with E-state index in [9.17, 15) is 4.79 Å². The van der Waals surface area contributed by atoms with E-state index in [4.69, 9.17) is 9.84 Å². The van der Waals surface area contributed by atoms with Gasteiger partial charge in [0.05, 0.1) is 0 Å². The molecule has 0 atom stereocenters. The van der Waals surface area contributed by atoms with E-state index in [-0.39, 0.29) is 25.0 Å². The Morgan fingerprint density at radius 1 is 1.44 bits per heavy atom. The molecule has 4 nitrogen and oxygen atoms in total. The smallest absolute Gasteiger partial charge is 0.260 e. The highest BCUT2D eigenvalue weighted by Gasteiger charge is 2.29. The molecule has 1 N–H and O–H groups in total. The van der Waals surface area contributed by atoms with E-state index in [0.717, 1.165) is 16.9 Å². The third kappa shape index (κ3) is 2.64. The minimum Gasteiger partial charge on any atom is -0.483 e. The van der Waals surface area contributed by atoms with Gasteiger partial charge in [-0.25, -0.2) is 0 Å². The van der Waals surface area contributed by atoms with Gasteiger partial charge in [-0.3, -0.25) is 4.79 Å². The van der Waals surface area contributed by atoms with E-state index in [1.807, 2.05) is 32.0 Å². The largest absolute Gasteiger partial charge is 0.483 e. The Kier molecular flexibility index (Phi) is 3.87. The molecule has 98 valence electrons. The Morgan fingerprint density at radius 3 is 2.83 bits per heavy atom. The molecule has 1 fully saturated rings. The van der Waals surface area contributed by atoms with Crippen molar-refractivity contribution in [3.63, 3.8) is 0 Å². The molecule has 0 bridgehead atoms. The maximum absolute atomic E-state index is 11.8. The van der Waals surface area contributed by atoms with Crippen molar-refractivity contribution in [2.45, 2.75) is 13.8 Å².